The smallest absolute Gasteiger partial charge is 0.171 e. The number of thiocarbonyl (C=S) groups is 1. The molecule has 2 heterocycles. The zero-order valence-corrected chi connectivity index (χ0v) is 11.7. The van der Waals surface area contributed by atoms with Crippen LogP contribution in [0.1, 0.15) is 17.4 Å². The summed E-state index contributed by atoms with van der Waals surface area (Å²) in [5.74, 6) is 1.66. The van der Waals surface area contributed by atoms with Crippen molar-refractivity contribution in [2.24, 2.45) is 0 Å². The Morgan fingerprint density at radius 1 is 1.20 bits per heavy atom. The zero-order chi connectivity index (χ0) is 13.9. The molecule has 1 aliphatic rings. The van der Waals surface area contributed by atoms with Gasteiger partial charge in [0.15, 0.2) is 5.11 Å². The lowest BCUT2D eigenvalue weighted by Crippen LogP contribution is -2.40. The van der Waals surface area contributed by atoms with E-state index in [1.54, 1.807) is 13.4 Å². The summed E-state index contributed by atoms with van der Waals surface area (Å²) in [6.45, 7) is 0. The maximum absolute atomic E-state index is 5.43. The second-order valence-corrected chi connectivity index (χ2v) is 4.81. The van der Waals surface area contributed by atoms with Crippen LogP contribution >= 0.6 is 12.2 Å². The molecule has 1 atom stereocenters. The molecule has 0 aliphatic carbocycles. The molecule has 1 aromatic carbocycles. The van der Waals surface area contributed by atoms with Crippen LogP contribution in [-0.4, -0.2) is 12.2 Å². The van der Waals surface area contributed by atoms with Gasteiger partial charge in [0, 0.05) is 5.70 Å². The van der Waals surface area contributed by atoms with E-state index in [0.717, 1.165) is 22.8 Å². The lowest BCUT2D eigenvalue weighted by Gasteiger charge is -2.24. The standard InChI is InChI=1S/C15H14N2O2S/c1-18-11-6-4-10(5-7-11)12-9-13(17-15(20)16-12)14-3-2-8-19-14/h2-9,13H,1H3,(H2,16,17,20). The van der Waals surface area contributed by atoms with Crippen LogP contribution in [0.15, 0.2) is 53.2 Å². The Hall–Kier alpha value is -2.27. The molecule has 2 N–H and O–H groups in total. The fourth-order valence-electron chi connectivity index (χ4n) is 2.11. The molecular weight excluding hydrogens is 272 g/mol. The third-order valence-electron chi connectivity index (χ3n) is 3.12. The van der Waals surface area contributed by atoms with Gasteiger partial charge in [0.25, 0.3) is 0 Å². The Balaban J connectivity index is 1.92. The normalized spacial score (nSPS) is 17.9. The van der Waals surface area contributed by atoms with Gasteiger partial charge in [-0.2, -0.15) is 0 Å². The second-order valence-electron chi connectivity index (χ2n) is 4.40. The van der Waals surface area contributed by atoms with Crippen molar-refractivity contribution in [2.75, 3.05) is 7.11 Å². The number of furan rings is 1. The molecule has 1 aromatic heterocycles. The molecule has 0 saturated heterocycles. The van der Waals surface area contributed by atoms with Gasteiger partial charge in [-0.1, -0.05) is 0 Å². The molecule has 1 unspecified atom stereocenters. The molecule has 102 valence electrons. The molecule has 0 bridgehead atoms. The topological polar surface area (TPSA) is 46.4 Å². The Morgan fingerprint density at radius 2 is 2.00 bits per heavy atom. The number of hydrogen-bond donors (Lipinski definition) is 2. The fraction of sp³-hybridized carbons (Fsp3) is 0.133. The number of ether oxygens (including phenoxy) is 1. The van der Waals surface area contributed by atoms with Crippen LogP contribution in [0.5, 0.6) is 5.75 Å². The maximum Gasteiger partial charge on any atom is 0.171 e. The Bertz CT molecular complexity index is 632. The highest BCUT2D eigenvalue weighted by Gasteiger charge is 2.20. The molecule has 0 amide bonds. The second kappa shape index (κ2) is 5.38. The van der Waals surface area contributed by atoms with Crippen molar-refractivity contribution in [1.82, 2.24) is 10.6 Å². The van der Waals surface area contributed by atoms with Crippen LogP contribution in [0.4, 0.5) is 0 Å². The van der Waals surface area contributed by atoms with Crippen LogP contribution in [-0.2, 0) is 0 Å². The van der Waals surface area contributed by atoms with Crippen LogP contribution in [0, 0.1) is 0 Å². The third-order valence-corrected chi connectivity index (χ3v) is 3.34. The van der Waals surface area contributed by atoms with Crippen molar-refractivity contribution in [3.05, 3.63) is 60.1 Å². The lowest BCUT2D eigenvalue weighted by atomic mass is 10.1. The summed E-state index contributed by atoms with van der Waals surface area (Å²) >= 11 is 5.25. The molecule has 0 spiro atoms. The Morgan fingerprint density at radius 3 is 2.65 bits per heavy atom. The van der Waals surface area contributed by atoms with Gasteiger partial charge in [0.05, 0.1) is 13.4 Å². The first-order valence-corrected chi connectivity index (χ1v) is 6.64. The summed E-state index contributed by atoms with van der Waals surface area (Å²) in [6, 6.07) is 11.6. The van der Waals surface area contributed by atoms with Gasteiger partial charge >= 0.3 is 0 Å². The third kappa shape index (κ3) is 2.53. The number of rotatable bonds is 3. The minimum atomic E-state index is -0.0594. The highest BCUT2D eigenvalue weighted by atomic mass is 32.1. The monoisotopic (exact) mass is 286 g/mol. The summed E-state index contributed by atoms with van der Waals surface area (Å²) in [5.41, 5.74) is 2.00. The Labute approximate surface area is 122 Å². The molecule has 0 fully saturated rings. The largest absolute Gasteiger partial charge is 0.497 e. The first-order valence-electron chi connectivity index (χ1n) is 6.23. The average molecular weight is 286 g/mol. The van der Waals surface area contributed by atoms with E-state index in [1.165, 1.54) is 0 Å². The van der Waals surface area contributed by atoms with Crippen molar-refractivity contribution in [1.29, 1.82) is 0 Å². The van der Waals surface area contributed by atoms with Crippen molar-refractivity contribution in [2.45, 2.75) is 6.04 Å². The lowest BCUT2D eigenvalue weighted by molar-refractivity contribution is 0.415. The van der Waals surface area contributed by atoms with Crippen LogP contribution in [0.25, 0.3) is 5.70 Å². The highest BCUT2D eigenvalue weighted by molar-refractivity contribution is 7.80. The molecular formula is C15H14N2O2S. The molecule has 20 heavy (non-hydrogen) atoms. The van der Waals surface area contributed by atoms with E-state index in [2.05, 4.69) is 16.7 Å². The van der Waals surface area contributed by atoms with Gasteiger partial charge in [-0.05, 0) is 60.3 Å². The van der Waals surface area contributed by atoms with Gasteiger partial charge in [0.2, 0.25) is 0 Å². The molecule has 3 rings (SSSR count). The van der Waals surface area contributed by atoms with Crippen molar-refractivity contribution >= 4 is 23.0 Å². The predicted octanol–water partition coefficient (Wildman–Crippen LogP) is 2.85. The minimum absolute atomic E-state index is 0.0594. The summed E-state index contributed by atoms with van der Waals surface area (Å²) in [7, 11) is 1.65. The van der Waals surface area contributed by atoms with Crippen LogP contribution in [0.2, 0.25) is 0 Å². The molecule has 5 heteroatoms. The number of nitrogens with one attached hydrogen (secondary N) is 2. The quantitative estimate of drug-likeness (QED) is 0.850. The first kappa shape index (κ1) is 12.7. The van der Waals surface area contributed by atoms with E-state index >= 15 is 0 Å². The highest BCUT2D eigenvalue weighted by Crippen LogP contribution is 2.24. The summed E-state index contributed by atoms with van der Waals surface area (Å²) < 4.78 is 10.6. The minimum Gasteiger partial charge on any atom is -0.497 e. The summed E-state index contributed by atoms with van der Waals surface area (Å²) in [5, 5.41) is 6.91. The SMILES string of the molecule is COc1ccc(C2=CC(c3ccco3)NC(=S)N2)cc1. The van der Waals surface area contributed by atoms with Crippen LogP contribution in [0.3, 0.4) is 0 Å². The van der Waals surface area contributed by atoms with Crippen molar-refractivity contribution in [3.63, 3.8) is 0 Å². The van der Waals surface area contributed by atoms with E-state index in [9.17, 15) is 0 Å². The average Bonchev–Trinajstić information content (AvgIpc) is 3.01. The maximum atomic E-state index is 5.43. The van der Waals surface area contributed by atoms with Crippen LogP contribution < -0.4 is 15.4 Å². The molecule has 0 radical (unpaired) electrons. The van der Waals surface area contributed by atoms with E-state index in [0.29, 0.717) is 5.11 Å². The fourth-order valence-corrected chi connectivity index (χ4v) is 2.35. The van der Waals surface area contributed by atoms with Crippen molar-refractivity contribution < 1.29 is 9.15 Å². The van der Waals surface area contributed by atoms with Crippen molar-refractivity contribution in [3.8, 4) is 5.75 Å². The van der Waals surface area contributed by atoms with Gasteiger partial charge in [-0.25, -0.2) is 0 Å². The van der Waals surface area contributed by atoms with E-state index in [4.69, 9.17) is 21.4 Å². The number of benzene rings is 1. The molecule has 2 aromatic rings. The Kier molecular flexibility index (Phi) is 3.43. The molecule has 0 saturated carbocycles. The van der Waals surface area contributed by atoms with Gasteiger partial charge < -0.3 is 19.8 Å². The number of methoxy groups -OCH3 is 1. The molecule has 1 aliphatic heterocycles. The molecule has 4 nitrogen and oxygen atoms in total. The first-order chi connectivity index (χ1) is 9.76. The van der Waals surface area contributed by atoms with Gasteiger partial charge in [-0.15, -0.1) is 0 Å². The van der Waals surface area contributed by atoms with E-state index in [1.807, 2.05) is 36.4 Å². The number of hydrogen-bond acceptors (Lipinski definition) is 3. The van der Waals surface area contributed by atoms with E-state index < -0.39 is 0 Å². The van der Waals surface area contributed by atoms with Gasteiger partial charge in [-0.3, -0.25) is 0 Å². The van der Waals surface area contributed by atoms with E-state index in [-0.39, 0.29) is 6.04 Å². The van der Waals surface area contributed by atoms with Gasteiger partial charge in [0.1, 0.15) is 17.6 Å². The zero-order valence-electron chi connectivity index (χ0n) is 10.9. The summed E-state index contributed by atoms with van der Waals surface area (Å²) in [6.07, 6.45) is 3.71. The summed E-state index contributed by atoms with van der Waals surface area (Å²) in [4.78, 5) is 0. The predicted molar refractivity (Wildman–Crippen MR) is 81.3 cm³/mol.